The van der Waals surface area contributed by atoms with Crippen LogP contribution in [-0.4, -0.2) is 22.4 Å². The lowest BCUT2D eigenvalue weighted by Gasteiger charge is -2.07. The van der Waals surface area contributed by atoms with Crippen LogP contribution in [0.25, 0.3) is 16.9 Å². The fourth-order valence-corrected chi connectivity index (χ4v) is 2.32. The lowest BCUT2D eigenvalue weighted by Crippen LogP contribution is -2.06. The fourth-order valence-electron chi connectivity index (χ4n) is 2.32. The van der Waals surface area contributed by atoms with Crippen molar-refractivity contribution in [2.45, 2.75) is 6.92 Å². The summed E-state index contributed by atoms with van der Waals surface area (Å²) >= 11 is 0. The van der Waals surface area contributed by atoms with Gasteiger partial charge in [-0.3, -0.25) is 0 Å². The lowest BCUT2D eigenvalue weighted by atomic mass is 10.1. The van der Waals surface area contributed by atoms with Crippen molar-refractivity contribution < 1.29 is 18.3 Å². The van der Waals surface area contributed by atoms with Gasteiger partial charge in [-0.25, -0.2) is 18.3 Å². The Bertz CT molecular complexity index is 873. The standard InChI is InChI=1S/C18H14F2N2O2/c1-2-24-18(23)16-11-17(12-4-3-5-14(20)10-12)22(21-16)15-8-6-13(19)7-9-15/h3-11H,2H2,1H3. The van der Waals surface area contributed by atoms with E-state index in [-0.39, 0.29) is 18.1 Å². The predicted molar refractivity (Wildman–Crippen MR) is 84.9 cm³/mol. The number of benzene rings is 2. The van der Waals surface area contributed by atoms with E-state index in [0.29, 0.717) is 16.9 Å². The molecule has 0 saturated carbocycles. The molecule has 0 radical (unpaired) electrons. The predicted octanol–water partition coefficient (Wildman–Crippen LogP) is 3.99. The summed E-state index contributed by atoms with van der Waals surface area (Å²) in [6.07, 6.45) is 0. The first kappa shape index (κ1) is 15.9. The Kier molecular flexibility index (Phi) is 4.37. The first-order valence-electron chi connectivity index (χ1n) is 7.37. The zero-order chi connectivity index (χ0) is 17.1. The Morgan fingerprint density at radius 2 is 1.83 bits per heavy atom. The van der Waals surface area contributed by atoms with E-state index in [4.69, 9.17) is 4.74 Å². The molecule has 4 nitrogen and oxygen atoms in total. The van der Waals surface area contributed by atoms with Crippen LogP contribution in [0.5, 0.6) is 0 Å². The second-order valence-electron chi connectivity index (χ2n) is 5.03. The number of nitrogens with zero attached hydrogens (tertiary/aromatic N) is 2. The summed E-state index contributed by atoms with van der Waals surface area (Å²) in [4.78, 5) is 12.0. The van der Waals surface area contributed by atoms with Gasteiger partial charge in [-0.1, -0.05) is 12.1 Å². The molecule has 0 unspecified atom stereocenters. The van der Waals surface area contributed by atoms with Crippen molar-refractivity contribution in [1.29, 1.82) is 0 Å². The SMILES string of the molecule is CCOC(=O)c1cc(-c2cccc(F)c2)n(-c2ccc(F)cc2)n1. The number of carbonyl (C=O) groups is 1. The van der Waals surface area contributed by atoms with Crippen LogP contribution in [0.3, 0.4) is 0 Å². The number of rotatable bonds is 4. The third-order valence-corrected chi connectivity index (χ3v) is 3.39. The van der Waals surface area contributed by atoms with E-state index in [1.54, 1.807) is 19.1 Å². The molecule has 0 saturated heterocycles. The normalized spacial score (nSPS) is 10.6. The van der Waals surface area contributed by atoms with Gasteiger partial charge in [0.1, 0.15) is 11.6 Å². The Morgan fingerprint density at radius 3 is 2.50 bits per heavy atom. The summed E-state index contributed by atoms with van der Waals surface area (Å²) in [5, 5.41) is 4.23. The minimum absolute atomic E-state index is 0.0976. The average Bonchev–Trinajstić information content (AvgIpc) is 3.01. The number of hydrogen-bond donors (Lipinski definition) is 0. The summed E-state index contributed by atoms with van der Waals surface area (Å²) in [6.45, 7) is 1.92. The molecule has 122 valence electrons. The van der Waals surface area contributed by atoms with E-state index >= 15 is 0 Å². The monoisotopic (exact) mass is 328 g/mol. The molecule has 2 aromatic carbocycles. The topological polar surface area (TPSA) is 44.1 Å². The van der Waals surface area contributed by atoms with Crippen molar-refractivity contribution in [3.8, 4) is 16.9 Å². The van der Waals surface area contributed by atoms with Crippen LogP contribution in [0.4, 0.5) is 8.78 Å². The molecular weight excluding hydrogens is 314 g/mol. The number of halogens is 2. The average molecular weight is 328 g/mol. The van der Waals surface area contributed by atoms with Gasteiger partial charge in [0.25, 0.3) is 0 Å². The molecule has 0 fully saturated rings. The van der Waals surface area contributed by atoms with Gasteiger partial charge in [0, 0.05) is 5.56 Å². The Labute approximate surface area is 137 Å². The van der Waals surface area contributed by atoms with Gasteiger partial charge in [0.15, 0.2) is 5.69 Å². The smallest absolute Gasteiger partial charge is 0.358 e. The zero-order valence-electron chi connectivity index (χ0n) is 12.9. The van der Waals surface area contributed by atoms with E-state index in [1.807, 2.05) is 0 Å². The first-order valence-corrected chi connectivity index (χ1v) is 7.37. The first-order chi connectivity index (χ1) is 11.6. The third kappa shape index (κ3) is 3.17. The maximum Gasteiger partial charge on any atom is 0.358 e. The van der Waals surface area contributed by atoms with E-state index in [1.165, 1.54) is 47.1 Å². The van der Waals surface area contributed by atoms with Crippen LogP contribution in [0.2, 0.25) is 0 Å². The molecule has 0 aliphatic carbocycles. The molecule has 0 spiro atoms. The molecule has 0 aliphatic rings. The molecule has 1 heterocycles. The van der Waals surface area contributed by atoms with E-state index in [0.717, 1.165) is 0 Å². The minimum Gasteiger partial charge on any atom is -0.461 e. The Hall–Kier alpha value is -3.02. The summed E-state index contributed by atoms with van der Waals surface area (Å²) in [7, 11) is 0. The summed E-state index contributed by atoms with van der Waals surface area (Å²) < 4.78 is 33.1. The van der Waals surface area contributed by atoms with E-state index in [2.05, 4.69) is 5.10 Å². The Balaban J connectivity index is 2.14. The highest BCUT2D eigenvalue weighted by Crippen LogP contribution is 2.25. The summed E-state index contributed by atoms with van der Waals surface area (Å²) in [6, 6.07) is 13.1. The van der Waals surface area contributed by atoms with E-state index < -0.39 is 11.8 Å². The van der Waals surface area contributed by atoms with Crippen molar-refractivity contribution in [3.05, 3.63) is 71.9 Å². The molecule has 0 atom stereocenters. The van der Waals surface area contributed by atoms with Crippen LogP contribution in [0.15, 0.2) is 54.6 Å². The molecule has 0 aliphatic heterocycles. The number of carbonyl (C=O) groups excluding carboxylic acids is 1. The summed E-state index contributed by atoms with van der Waals surface area (Å²) in [5.41, 5.74) is 1.69. The van der Waals surface area contributed by atoms with Gasteiger partial charge < -0.3 is 4.74 Å². The van der Waals surface area contributed by atoms with Crippen molar-refractivity contribution in [2.75, 3.05) is 6.61 Å². The molecule has 0 N–H and O–H groups in total. The minimum atomic E-state index is -0.573. The summed E-state index contributed by atoms with van der Waals surface area (Å²) in [5.74, 6) is -1.36. The van der Waals surface area contributed by atoms with Crippen molar-refractivity contribution in [2.24, 2.45) is 0 Å². The molecular formula is C18H14F2N2O2. The molecule has 0 amide bonds. The van der Waals surface area contributed by atoms with Gasteiger partial charge in [-0.15, -0.1) is 0 Å². The maximum absolute atomic E-state index is 13.6. The van der Waals surface area contributed by atoms with Crippen LogP contribution in [-0.2, 0) is 4.74 Å². The molecule has 3 aromatic rings. The van der Waals surface area contributed by atoms with Gasteiger partial charge in [-0.2, -0.15) is 5.10 Å². The molecule has 6 heteroatoms. The highest BCUT2D eigenvalue weighted by Gasteiger charge is 2.18. The van der Waals surface area contributed by atoms with Crippen LogP contribution in [0, 0.1) is 11.6 Å². The van der Waals surface area contributed by atoms with Crippen LogP contribution in [0.1, 0.15) is 17.4 Å². The van der Waals surface area contributed by atoms with E-state index in [9.17, 15) is 13.6 Å². The quantitative estimate of drug-likeness (QED) is 0.680. The zero-order valence-corrected chi connectivity index (χ0v) is 12.9. The lowest BCUT2D eigenvalue weighted by molar-refractivity contribution is 0.0519. The largest absolute Gasteiger partial charge is 0.461 e. The van der Waals surface area contributed by atoms with Crippen LogP contribution < -0.4 is 0 Å². The second-order valence-corrected chi connectivity index (χ2v) is 5.03. The van der Waals surface area contributed by atoms with Crippen molar-refractivity contribution >= 4 is 5.97 Å². The highest BCUT2D eigenvalue weighted by molar-refractivity contribution is 5.89. The number of hydrogen-bond acceptors (Lipinski definition) is 3. The number of esters is 1. The molecule has 0 bridgehead atoms. The van der Waals surface area contributed by atoms with Gasteiger partial charge >= 0.3 is 5.97 Å². The Morgan fingerprint density at radius 1 is 1.08 bits per heavy atom. The maximum atomic E-state index is 13.6. The van der Waals surface area contributed by atoms with Crippen LogP contribution >= 0.6 is 0 Å². The van der Waals surface area contributed by atoms with Gasteiger partial charge in [0.05, 0.1) is 18.0 Å². The second kappa shape index (κ2) is 6.62. The molecule has 24 heavy (non-hydrogen) atoms. The highest BCUT2D eigenvalue weighted by atomic mass is 19.1. The molecule has 3 rings (SSSR count). The molecule has 1 aromatic heterocycles. The van der Waals surface area contributed by atoms with Crippen molar-refractivity contribution in [3.63, 3.8) is 0 Å². The number of ether oxygens (including phenoxy) is 1. The van der Waals surface area contributed by atoms with Gasteiger partial charge in [0.2, 0.25) is 0 Å². The fraction of sp³-hybridized carbons (Fsp3) is 0.111. The van der Waals surface area contributed by atoms with Crippen molar-refractivity contribution in [1.82, 2.24) is 9.78 Å². The van der Waals surface area contributed by atoms with Gasteiger partial charge in [-0.05, 0) is 49.4 Å². The number of aromatic nitrogens is 2. The third-order valence-electron chi connectivity index (χ3n) is 3.39.